The van der Waals surface area contributed by atoms with Gasteiger partial charge in [-0.1, -0.05) is 6.42 Å². The molecule has 1 fully saturated rings. The normalized spacial score (nSPS) is 14.3. The molecule has 0 spiro atoms. The van der Waals surface area contributed by atoms with Gasteiger partial charge in [-0.2, -0.15) is 5.10 Å². The van der Waals surface area contributed by atoms with Crippen LogP contribution in [0, 0.1) is 5.82 Å². The Morgan fingerprint density at radius 1 is 0.789 bits per heavy atom. The molecule has 0 aliphatic heterocycles. The summed E-state index contributed by atoms with van der Waals surface area (Å²) >= 11 is 0. The Balaban J connectivity index is 1.25. The molecule has 1 saturated carbocycles. The Morgan fingerprint density at radius 3 is 2.50 bits per heavy atom. The molecule has 8 heteroatoms. The molecule has 5 aromatic heterocycles. The van der Waals surface area contributed by atoms with Crippen LogP contribution in [0.2, 0.25) is 0 Å². The van der Waals surface area contributed by atoms with Crippen LogP contribution in [0.15, 0.2) is 73.3 Å². The van der Waals surface area contributed by atoms with E-state index in [-0.39, 0.29) is 11.9 Å². The number of nitrogens with zero attached hydrogens (tertiary/aromatic N) is 4. The zero-order valence-corrected chi connectivity index (χ0v) is 20.6. The van der Waals surface area contributed by atoms with Gasteiger partial charge >= 0.3 is 0 Å². The SMILES string of the molecule is Fc1ccc(-c2nccc3[nH]c(-c4n[nH]c5cnc(-c6cncc(OC7CCCCC7)c6)cc45)cc23)cc1. The molecule has 6 aromatic rings. The molecule has 38 heavy (non-hydrogen) atoms. The molecule has 7 nitrogen and oxygen atoms in total. The maximum absolute atomic E-state index is 13.5. The number of fused-ring (bicyclic) bond motifs is 2. The van der Waals surface area contributed by atoms with Crippen LogP contribution in [-0.2, 0) is 0 Å². The van der Waals surface area contributed by atoms with Crippen LogP contribution in [0.1, 0.15) is 32.1 Å². The molecule has 5 heterocycles. The standard InChI is InChI=1S/C30H25FN6O/c31-20-8-6-18(7-9-20)29-23-14-27(35-25(23)10-11-33-29)30-24-13-26(34-17-28(24)36-37-30)19-12-22(16-32-15-19)38-21-4-2-1-3-5-21/h6-17,21,35H,1-5H2,(H,36,37). The van der Waals surface area contributed by atoms with Crippen molar-refractivity contribution in [2.24, 2.45) is 0 Å². The molecule has 0 unspecified atom stereocenters. The first-order chi connectivity index (χ1) is 18.7. The van der Waals surface area contributed by atoms with E-state index in [2.05, 4.69) is 30.1 Å². The smallest absolute Gasteiger partial charge is 0.138 e. The molecule has 0 radical (unpaired) electrons. The molecule has 0 bridgehead atoms. The zero-order chi connectivity index (χ0) is 25.5. The summed E-state index contributed by atoms with van der Waals surface area (Å²) in [6, 6.07) is 14.4. The fraction of sp³-hybridized carbons (Fsp3) is 0.200. The number of benzene rings is 1. The number of aromatic nitrogens is 6. The summed E-state index contributed by atoms with van der Waals surface area (Å²) in [5, 5.41) is 9.58. The Kier molecular flexibility index (Phi) is 5.57. The summed E-state index contributed by atoms with van der Waals surface area (Å²) in [5.74, 6) is 0.504. The molecule has 0 atom stereocenters. The number of pyridine rings is 3. The van der Waals surface area contributed by atoms with Crippen molar-refractivity contribution in [1.82, 2.24) is 30.1 Å². The molecular weight excluding hydrogens is 479 g/mol. The fourth-order valence-corrected chi connectivity index (χ4v) is 5.30. The van der Waals surface area contributed by atoms with E-state index in [0.29, 0.717) is 0 Å². The predicted molar refractivity (Wildman–Crippen MR) is 145 cm³/mol. The summed E-state index contributed by atoms with van der Waals surface area (Å²) in [4.78, 5) is 17.1. The highest BCUT2D eigenvalue weighted by atomic mass is 19.1. The second kappa shape index (κ2) is 9.37. The number of hydrogen-bond donors (Lipinski definition) is 2. The third-order valence-corrected chi connectivity index (χ3v) is 7.23. The van der Waals surface area contributed by atoms with Gasteiger partial charge in [-0.25, -0.2) is 4.39 Å². The van der Waals surface area contributed by atoms with Gasteiger partial charge in [-0.05, 0) is 74.2 Å². The maximum Gasteiger partial charge on any atom is 0.138 e. The van der Waals surface area contributed by atoms with Crippen LogP contribution in [0.4, 0.5) is 4.39 Å². The predicted octanol–water partition coefficient (Wildman–Crippen LogP) is 7.08. The third-order valence-electron chi connectivity index (χ3n) is 7.23. The first-order valence-corrected chi connectivity index (χ1v) is 12.9. The van der Waals surface area contributed by atoms with E-state index in [4.69, 9.17) is 4.74 Å². The summed E-state index contributed by atoms with van der Waals surface area (Å²) in [6.07, 6.45) is 13.3. The molecule has 0 saturated heterocycles. The number of halogens is 1. The molecule has 7 rings (SSSR count). The summed E-state index contributed by atoms with van der Waals surface area (Å²) in [7, 11) is 0. The molecule has 1 aromatic carbocycles. The number of nitrogens with one attached hydrogen (secondary N) is 2. The van der Waals surface area contributed by atoms with E-state index in [1.807, 2.05) is 30.5 Å². The van der Waals surface area contributed by atoms with Gasteiger partial charge in [0.15, 0.2) is 0 Å². The van der Waals surface area contributed by atoms with E-state index >= 15 is 0 Å². The van der Waals surface area contributed by atoms with Crippen molar-refractivity contribution in [3.05, 3.63) is 79.1 Å². The number of ether oxygens (including phenoxy) is 1. The van der Waals surface area contributed by atoms with Crippen molar-refractivity contribution < 1.29 is 9.13 Å². The van der Waals surface area contributed by atoms with Gasteiger partial charge in [0, 0.05) is 39.8 Å². The van der Waals surface area contributed by atoms with E-state index in [1.54, 1.807) is 30.7 Å². The lowest BCUT2D eigenvalue weighted by Crippen LogP contribution is -2.19. The van der Waals surface area contributed by atoms with Gasteiger partial charge in [0.2, 0.25) is 0 Å². The van der Waals surface area contributed by atoms with Gasteiger partial charge in [0.05, 0.1) is 41.1 Å². The molecule has 0 amide bonds. The van der Waals surface area contributed by atoms with Crippen LogP contribution in [-0.4, -0.2) is 36.2 Å². The van der Waals surface area contributed by atoms with E-state index < -0.39 is 0 Å². The second-order valence-electron chi connectivity index (χ2n) is 9.79. The topological polar surface area (TPSA) is 92.4 Å². The van der Waals surface area contributed by atoms with Crippen molar-refractivity contribution >= 4 is 21.8 Å². The van der Waals surface area contributed by atoms with Crippen molar-refractivity contribution in [2.45, 2.75) is 38.2 Å². The molecule has 1 aliphatic carbocycles. The highest BCUT2D eigenvalue weighted by Gasteiger charge is 2.17. The zero-order valence-electron chi connectivity index (χ0n) is 20.6. The van der Waals surface area contributed by atoms with Crippen LogP contribution in [0.25, 0.3) is 55.7 Å². The van der Waals surface area contributed by atoms with Gasteiger partial charge in [0.25, 0.3) is 0 Å². The number of H-pyrrole nitrogens is 2. The van der Waals surface area contributed by atoms with Crippen LogP contribution < -0.4 is 4.74 Å². The Labute approximate surface area is 218 Å². The first-order valence-electron chi connectivity index (χ1n) is 12.9. The summed E-state index contributed by atoms with van der Waals surface area (Å²) < 4.78 is 19.7. The molecule has 188 valence electrons. The number of rotatable bonds is 5. The average Bonchev–Trinajstić information content (AvgIpc) is 3.58. The number of aromatic amines is 2. The fourth-order valence-electron chi connectivity index (χ4n) is 5.30. The highest BCUT2D eigenvalue weighted by Crippen LogP contribution is 2.34. The average molecular weight is 505 g/mol. The van der Waals surface area contributed by atoms with E-state index in [0.717, 1.165) is 74.3 Å². The Bertz CT molecular complexity index is 1750. The molecule has 1 aliphatic rings. The lowest BCUT2D eigenvalue weighted by molar-refractivity contribution is 0.154. The minimum absolute atomic E-state index is 0.257. The summed E-state index contributed by atoms with van der Waals surface area (Å²) in [6.45, 7) is 0. The van der Waals surface area contributed by atoms with Crippen molar-refractivity contribution in [3.63, 3.8) is 0 Å². The van der Waals surface area contributed by atoms with E-state index in [1.165, 1.54) is 31.4 Å². The lowest BCUT2D eigenvalue weighted by atomic mass is 9.98. The first kappa shape index (κ1) is 22.6. The third kappa shape index (κ3) is 4.18. The van der Waals surface area contributed by atoms with Gasteiger partial charge in [0.1, 0.15) is 17.3 Å². The Hall–Kier alpha value is -4.59. The molecular formula is C30H25FN6O. The largest absolute Gasteiger partial charge is 0.489 e. The summed E-state index contributed by atoms with van der Waals surface area (Å²) in [5.41, 5.74) is 6.73. The quantitative estimate of drug-likeness (QED) is 0.262. The van der Waals surface area contributed by atoms with Crippen molar-refractivity contribution in [2.75, 3.05) is 0 Å². The minimum atomic E-state index is -0.274. The van der Waals surface area contributed by atoms with Gasteiger partial charge < -0.3 is 9.72 Å². The van der Waals surface area contributed by atoms with Crippen molar-refractivity contribution in [1.29, 1.82) is 0 Å². The minimum Gasteiger partial charge on any atom is -0.489 e. The monoisotopic (exact) mass is 504 g/mol. The maximum atomic E-state index is 13.5. The van der Waals surface area contributed by atoms with Crippen LogP contribution in [0.3, 0.4) is 0 Å². The van der Waals surface area contributed by atoms with Crippen LogP contribution in [0.5, 0.6) is 5.75 Å². The van der Waals surface area contributed by atoms with Gasteiger partial charge in [-0.3, -0.25) is 20.1 Å². The Morgan fingerprint density at radius 2 is 1.63 bits per heavy atom. The van der Waals surface area contributed by atoms with Crippen LogP contribution >= 0.6 is 0 Å². The second-order valence-corrected chi connectivity index (χ2v) is 9.79. The van der Waals surface area contributed by atoms with Gasteiger partial charge in [-0.15, -0.1) is 0 Å². The van der Waals surface area contributed by atoms with E-state index in [9.17, 15) is 4.39 Å². The highest BCUT2D eigenvalue weighted by molar-refractivity contribution is 6.00. The molecule has 2 N–H and O–H groups in total. The lowest BCUT2D eigenvalue weighted by Gasteiger charge is -2.22. The number of hydrogen-bond acceptors (Lipinski definition) is 5. The van der Waals surface area contributed by atoms with Crippen molar-refractivity contribution in [3.8, 4) is 39.7 Å².